The summed E-state index contributed by atoms with van der Waals surface area (Å²) in [6, 6.07) is 31.6. The van der Waals surface area contributed by atoms with Gasteiger partial charge in [-0.1, -0.05) is 117 Å². The number of aromatic nitrogens is 16. The van der Waals surface area contributed by atoms with E-state index in [-0.39, 0.29) is 0 Å². The Bertz CT molecular complexity index is 3950. The third kappa shape index (κ3) is 29.6. The van der Waals surface area contributed by atoms with Crippen molar-refractivity contribution in [3.05, 3.63) is 290 Å². The molecule has 16 heterocycles. The van der Waals surface area contributed by atoms with Crippen LogP contribution in [0.1, 0.15) is 155 Å². The topological polar surface area (TPSA) is 206 Å². The van der Waals surface area contributed by atoms with E-state index < -0.39 is 0 Å². The van der Waals surface area contributed by atoms with Crippen molar-refractivity contribution in [2.24, 2.45) is 0 Å². The third-order valence-electron chi connectivity index (χ3n) is 13.9. The number of aryl methyl sites for hydroxylation is 8. The van der Waals surface area contributed by atoms with Crippen LogP contribution in [0.2, 0.25) is 0 Å². The number of hydrogen-bond acceptors (Lipinski definition) is 16. The fraction of sp³-hybridized carbons (Fsp3) is 0.273. The second-order valence-corrected chi connectivity index (χ2v) is 20.2. The summed E-state index contributed by atoms with van der Waals surface area (Å²) in [7, 11) is 0. The molecule has 16 aromatic rings. The highest BCUT2D eigenvalue weighted by Gasteiger charge is 2.01. The molecule has 0 aliphatic carbocycles. The van der Waals surface area contributed by atoms with Gasteiger partial charge in [0, 0.05) is 179 Å². The van der Waals surface area contributed by atoms with E-state index in [1.54, 1.807) is 80.6 Å². The van der Waals surface area contributed by atoms with Crippen LogP contribution in [-0.4, -0.2) is 79.7 Å². The lowest BCUT2D eigenvalue weighted by Crippen LogP contribution is -1.83. The van der Waals surface area contributed by atoms with Gasteiger partial charge in [0.15, 0.2) is 5.65 Å². The maximum Gasteiger partial charge on any atom is 0.159 e. The molecule has 0 amide bonds. The lowest BCUT2D eigenvalue weighted by Gasteiger charge is -1.97. The van der Waals surface area contributed by atoms with E-state index in [0.29, 0.717) is 0 Å². The predicted octanol–water partition coefficient (Wildman–Crippen LogP) is 23.7. The molecule has 0 saturated carbocycles. The predicted molar refractivity (Wildman–Crippen MR) is 445 cm³/mol. The Kier molecular flexibility index (Phi) is 48.0. The molecule has 0 bridgehead atoms. The molecule has 16 heteroatoms. The largest absolute Gasteiger partial charge is 0.264 e. The number of hydrogen-bond donors (Lipinski definition) is 0. The van der Waals surface area contributed by atoms with Gasteiger partial charge in [-0.3, -0.25) is 69.8 Å². The van der Waals surface area contributed by atoms with Crippen molar-refractivity contribution in [2.45, 2.75) is 166 Å². The molecule has 0 aliphatic rings. The van der Waals surface area contributed by atoms with Gasteiger partial charge in [0.05, 0.1) is 45.5 Å². The van der Waals surface area contributed by atoms with E-state index in [4.69, 9.17) is 0 Å². The molecule has 0 aliphatic heterocycles. The zero-order valence-corrected chi connectivity index (χ0v) is 66.2. The molecule has 0 unspecified atom stereocenters. The average Bonchev–Trinajstić information content (AvgIpc) is 0.963. The van der Waals surface area contributed by atoms with E-state index in [9.17, 15) is 0 Å². The molecule has 0 radical (unpaired) electrons. The van der Waals surface area contributed by atoms with Gasteiger partial charge in [0.1, 0.15) is 0 Å². The summed E-state index contributed by atoms with van der Waals surface area (Å²) in [4.78, 5) is 65.8. The van der Waals surface area contributed by atoms with Crippen LogP contribution in [0.5, 0.6) is 0 Å². The van der Waals surface area contributed by atoms with Crippen LogP contribution in [0.25, 0.3) is 87.2 Å². The minimum absolute atomic E-state index is 0.826. The lowest BCUT2D eigenvalue weighted by molar-refractivity contribution is 1.27. The SMILES string of the molecule is CC.CC.CC.CC.CC.CC.CC.CC.Cc1ccnc2cccnc12.Cc1ccnc2ccncc12.Cc1ccnc2cnccc12.Cc1ccnc2ncccc12.Cc1cncc2cccnc12.Cc1cncc2ccncc12.Cc1cncc2cnccc12.Cc1cncc2ncccc12. The quantitative estimate of drug-likeness (QED) is 0.138. The first-order valence-electron chi connectivity index (χ1n) is 36.2. The summed E-state index contributed by atoms with van der Waals surface area (Å²) in [5.41, 5.74) is 16.3. The molecule has 0 fully saturated rings. The van der Waals surface area contributed by atoms with Crippen LogP contribution >= 0.6 is 0 Å². The molecule has 544 valence electrons. The first-order valence-corrected chi connectivity index (χ1v) is 36.2. The highest BCUT2D eigenvalue weighted by molar-refractivity contribution is 5.85. The van der Waals surface area contributed by atoms with Crippen molar-refractivity contribution < 1.29 is 0 Å². The van der Waals surface area contributed by atoms with E-state index in [1.165, 1.54) is 60.5 Å². The highest BCUT2D eigenvalue weighted by atomic mass is 14.8. The van der Waals surface area contributed by atoms with Crippen molar-refractivity contribution in [1.29, 1.82) is 0 Å². The molecule has 0 aromatic carbocycles. The van der Waals surface area contributed by atoms with Gasteiger partial charge in [-0.15, -0.1) is 0 Å². The Hall–Kier alpha value is -11.5. The van der Waals surface area contributed by atoms with Gasteiger partial charge in [0.2, 0.25) is 0 Å². The molecular formula is C88H112N16. The molecular weight excluding hydrogens is 1280 g/mol. The Labute approximate surface area is 620 Å². The minimum atomic E-state index is 0.826. The summed E-state index contributed by atoms with van der Waals surface area (Å²) < 4.78 is 0. The molecule has 0 spiro atoms. The van der Waals surface area contributed by atoms with E-state index in [1.807, 2.05) is 298 Å². The Morgan fingerprint density at radius 1 is 0.173 bits per heavy atom. The van der Waals surface area contributed by atoms with Gasteiger partial charge in [-0.25, -0.2) is 9.97 Å². The van der Waals surface area contributed by atoms with Crippen molar-refractivity contribution in [3.8, 4) is 0 Å². The maximum atomic E-state index is 4.24. The van der Waals surface area contributed by atoms with Crippen LogP contribution in [0.15, 0.2) is 246 Å². The van der Waals surface area contributed by atoms with Gasteiger partial charge < -0.3 is 0 Å². The van der Waals surface area contributed by atoms with Crippen LogP contribution in [0.4, 0.5) is 0 Å². The third-order valence-corrected chi connectivity index (χ3v) is 13.9. The molecule has 16 rings (SSSR count). The Morgan fingerprint density at radius 3 is 1.11 bits per heavy atom. The number of nitrogens with zero attached hydrogens (tertiary/aromatic N) is 16. The van der Waals surface area contributed by atoms with Gasteiger partial charge in [0.25, 0.3) is 0 Å². The second-order valence-electron chi connectivity index (χ2n) is 20.2. The van der Waals surface area contributed by atoms with Gasteiger partial charge in [-0.2, -0.15) is 0 Å². The summed E-state index contributed by atoms with van der Waals surface area (Å²) in [6.45, 7) is 48.4. The summed E-state index contributed by atoms with van der Waals surface area (Å²) in [5, 5.41) is 10.4. The number of fused-ring (bicyclic) bond motifs is 8. The van der Waals surface area contributed by atoms with E-state index in [2.05, 4.69) is 114 Å². The zero-order chi connectivity index (χ0) is 77.5. The zero-order valence-electron chi connectivity index (χ0n) is 66.2. The van der Waals surface area contributed by atoms with Crippen LogP contribution in [0, 0.1) is 55.4 Å². The molecule has 16 nitrogen and oxygen atoms in total. The number of pyridine rings is 16. The standard InChI is InChI=1S/8C9H8N2.8C2H6/c1-7-2-5-11-9-3-4-10-6-8(7)9;1-7-2-5-11-9-6-10-4-3-8(7)9;1-7-4-11-6-8-5-10-3-2-9(7)8;1-7-4-11-5-8-2-3-10-6-9(7)8;1-7-4-6-10-8-3-2-5-11-9(7)8;1-7-4-6-11-9-8(7)3-2-5-10-9;1-7-5-10-6-9-8(7)3-2-4-11-9;1-7-5-10-6-8-3-2-4-11-9(7)8;8*1-2/h8*2-6H,1H3;8*1-2H3. The first kappa shape index (κ1) is 90.5. The summed E-state index contributed by atoms with van der Waals surface area (Å²) in [5.74, 6) is 0. The van der Waals surface area contributed by atoms with Crippen LogP contribution in [-0.2, 0) is 0 Å². The van der Waals surface area contributed by atoms with Gasteiger partial charge >= 0.3 is 0 Å². The lowest BCUT2D eigenvalue weighted by atomic mass is 10.1. The summed E-state index contributed by atoms with van der Waals surface area (Å²) in [6.07, 6.45) is 43.5. The number of rotatable bonds is 0. The highest BCUT2D eigenvalue weighted by Crippen LogP contribution is 2.19. The monoisotopic (exact) mass is 1390 g/mol. The Morgan fingerprint density at radius 2 is 0.538 bits per heavy atom. The van der Waals surface area contributed by atoms with Crippen LogP contribution in [0.3, 0.4) is 0 Å². The van der Waals surface area contributed by atoms with Crippen molar-refractivity contribution in [2.75, 3.05) is 0 Å². The van der Waals surface area contributed by atoms with E-state index >= 15 is 0 Å². The second kappa shape index (κ2) is 55.2. The smallest absolute Gasteiger partial charge is 0.159 e. The molecule has 0 atom stereocenters. The van der Waals surface area contributed by atoms with Crippen molar-refractivity contribution in [3.63, 3.8) is 0 Å². The average molecular weight is 1390 g/mol. The van der Waals surface area contributed by atoms with E-state index in [0.717, 1.165) is 71.2 Å². The fourth-order valence-corrected chi connectivity index (χ4v) is 9.09. The summed E-state index contributed by atoms with van der Waals surface area (Å²) >= 11 is 0. The van der Waals surface area contributed by atoms with Gasteiger partial charge in [-0.05, 0) is 196 Å². The molecule has 16 aromatic heterocycles. The fourth-order valence-electron chi connectivity index (χ4n) is 9.09. The normalized spacial score (nSPS) is 9.15. The maximum absolute atomic E-state index is 4.24. The first-order chi connectivity index (χ1) is 51.0. The minimum Gasteiger partial charge on any atom is -0.264 e. The Balaban J connectivity index is 0.000000578. The molecule has 0 N–H and O–H groups in total. The van der Waals surface area contributed by atoms with Crippen LogP contribution < -0.4 is 0 Å². The molecule has 104 heavy (non-hydrogen) atoms. The molecule has 0 saturated heterocycles. The van der Waals surface area contributed by atoms with Crippen molar-refractivity contribution >= 4 is 87.2 Å². The van der Waals surface area contributed by atoms with Crippen molar-refractivity contribution in [1.82, 2.24) is 79.7 Å².